The molecule has 3 aliphatic rings. The zero-order chi connectivity index (χ0) is 22.7. The van der Waals surface area contributed by atoms with Gasteiger partial charge in [0.2, 0.25) is 11.8 Å². The van der Waals surface area contributed by atoms with E-state index >= 15 is 0 Å². The minimum Gasteiger partial charge on any atom is -0.495 e. The van der Waals surface area contributed by atoms with Crippen molar-refractivity contribution in [3.05, 3.63) is 53.1 Å². The van der Waals surface area contributed by atoms with Crippen molar-refractivity contribution in [2.45, 2.75) is 16.1 Å². The van der Waals surface area contributed by atoms with Crippen LogP contribution in [0.2, 0.25) is 5.02 Å². The maximum absolute atomic E-state index is 13.2. The second-order valence-corrected chi connectivity index (χ2v) is 10.9. The van der Waals surface area contributed by atoms with E-state index in [4.69, 9.17) is 16.3 Å². The molecule has 0 aromatic heterocycles. The predicted molar refractivity (Wildman–Crippen MR) is 129 cm³/mol. The van der Waals surface area contributed by atoms with Gasteiger partial charge in [-0.05, 0) is 60.7 Å². The predicted octanol–water partition coefficient (Wildman–Crippen LogP) is 4.88. The summed E-state index contributed by atoms with van der Waals surface area (Å²) in [5.74, 6) is -0.371. The van der Waals surface area contributed by atoms with E-state index < -0.39 is 0 Å². The Morgan fingerprint density at radius 3 is 2.19 bits per heavy atom. The summed E-state index contributed by atoms with van der Waals surface area (Å²) in [6.07, 6.45) is 0.887. The number of fused-ring (bicyclic) bond motifs is 5. The zero-order valence-electron chi connectivity index (χ0n) is 16.9. The largest absolute Gasteiger partial charge is 0.495 e. The van der Waals surface area contributed by atoms with Gasteiger partial charge in [-0.15, -0.1) is 0 Å². The maximum atomic E-state index is 13.2. The van der Waals surface area contributed by atoms with Gasteiger partial charge in [-0.3, -0.25) is 19.3 Å². The van der Waals surface area contributed by atoms with E-state index in [2.05, 4.69) is 37.2 Å². The van der Waals surface area contributed by atoms with Gasteiger partial charge in [0, 0.05) is 20.2 Å². The first-order valence-electron chi connectivity index (χ1n) is 10.2. The highest BCUT2D eigenvalue weighted by Gasteiger charge is 2.66. The fraction of sp³-hybridized carbons (Fsp3) is 0.348. The van der Waals surface area contributed by atoms with E-state index in [1.807, 2.05) is 0 Å². The molecular weight excluding hydrogens is 564 g/mol. The first kappa shape index (κ1) is 21.9. The van der Waals surface area contributed by atoms with Gasteiger partial charge in [0.05, 0.1) is 30.3 Å². The number of carbonyl (C=O) groups is 3. The molecule has 1 heterocycles. The molecule has 166 valence electrons. The number of carbonyl (C=O) groups excluding carboxylic acids is 3. The minimum atomic E-state index is -0.352. The van der Waals surface area contributed by atoms with Crippen molar-refractivity contribution in [3.63, 3.8) is 0 Å². The Morgan fingerprint density at radius 1 is 1.03 bits per heavy atom. The van der Waals surface area contributed by atoms with Crippen LogP contribution in [0.25, 0.3) is 0 Å². The lowest BCUT2D eigenvalue weighted by Gasteiger charge is -2.28. The molecule has 2 aromatic rings. The highest BCUT2D eigenvalue weighted by atomic mass is 79.9. The number of hydrogen-bond acceptors (Lipinski definition) is 4. The van der Waals surface area contributed by atoms with Crippen molar-refractivity contribution >= 4 is 72.6 Å². The van der Waals surface area contributed by atoms with Crippen molar-refractivity contribution in [2.24, 2.45) is 23.7 Å². The van der Waals surface area contributed by atoms with Crippen molar-refractivity contribution in [1.82, 2.24) is 0 Å². The first-order chi connectivity index (χ1) is 15.3. The smallest absolute Gasteiger partial charge is 0.255 e. The zero-order valence-corrected chi connectivity index (χ0v) is 20.9. The Hall–Kier alpha value is -1.90. The van der Waals surface area contributed by atoms with Crippen LogP contribution in [0.1, 0.15) is 16.8 Å². The molecule has 2 aromatic carbocycles. The summed E-state index contributed by atoms with van der Waals surface area (Å²) in [7, 11) is 1.51. The molecule has 1 saturated heterocycles. The van der Waals surface area contributed by atoms with Crippen LogP contribution in [0, 0.1) is 23.7 Å². The summed E-state index contributed by atoms with van der Waals surface area (Å²) < 4.78 is 5.26. The molecule has 3 amide bonds. The number of methoxy groups -OCH3 is 1. The molecule has 1 aliphatic heterocycles. The van der Waals surface area contributed by atoms with Gasteiger partial charge < -0.3 is 10.1 Å². The van der Waals surface area contributed by atoms with Crippen LogP contribution in [0.15, 0.2) is 42.5 Å². The Bertz CT molecular complexity index is 1090. The third-order valence-corrected chi connectivity index (χ3v) is 10.2. The van der Waals surface area contributed by atoms with Gasteiger partial charge in [0.1, 0.15) is 5.75 Å². The van der Waals surface area contributed by atoms with Crippen molar-refractivity contribution in [1.29, 1.82) is 0 Å². The maximum Gasteiger partial charge on any atom is 0.255 e. The molecule has 5 rings (SSSR count). The first-order valence-corrected chi connectivity index (χ1v) is 12.4. The molecule has 2 saturated carbocycles. The van der Waals surface area contributed by atoms with E-state index in [1.165, 1.54) is 12.0 Å². The van der Waals surface area contributed by atoms with Crippen LogP contribution < -0.4 is 15.0 Å². The Labute approximate surface area is 206 Å². The minimum absolute atomic E-state index is 0.141. The van der Waals surface area contributed by atoms with E-state index in [-0.39, 0.29) is 51.0 Å². The van der Waals surface area contributed by atoms with Crippen molar-refractivity contribution in [2.75, 3.05) is 17.3 Å². The van der Waals surface area contributed by atoms with Crippen LogP contribution >= 0.6 is 43.5 Å². The molecule has 6 nitrogen and oxygen atoms in total. The monoisotopic (exact) mass is 580 g/mol. The summed E-state index contributed by atoms with van der Waals surface area (Å²) in [6, 6.07) is 11.4. The standard InChI is InChI=1S/C23H19Br2ClN2O4/c1-32-16-7-4-11(26)8-15(16)27-21(29)10-2-5-12(6-3-10)28-22(30)17-13-9-14(18(17)23(28)31)20(25)19(13)24/h2-8,13-14,17-20H,9H2,1H3,(H,27,29)/t13-,14-,17-,18-,19-,20+/m1/s1. The summed E-state index contributed by atoms with van der Waals surface area (Å²) in [6.45, 7) is 0. The Balaban J connectivity index is 1.36. The number of rotatable bonds is 4. The summed E-state index contributed by atoms with van der Waals surface area (Å²) in [4.78, 5) is 40.7. The number of nitrogens with zero attached hydrogens (tertiary/aromatic N) is 1. The van der Waals surface area contributed by atoms with Gasteiger partial charge in [-0.2, -0.15) is 0 Å². The highest BCUT2D eigenvalue weighted by molar-refractivity contribution is 9.12. The number of ether oxygens (including phenoxy) is 1. The third kappa shape index (κ3) is 3.30. The van der Waals surface area contributed by atoms with Crippen LogP contribution in [-0.2, 0) is 9.59 Å². The topological polar surface area (TPSA) is 75.7 Å². The lowest BCUT2D eigenvalue weighted by molar-refractivity contribution is -0.123. The fourth-order valence-corrected chi connectivity index (χ4v) is 7.38. The number of anilines is 2. The molecule has 1 N–H and O–H groups in total. The number of benzene rings is 2. The molecule has 2 bridgehead atoms. The average Bonchev–Trinajstić information content (AvgIpc) is 3.39. The van der Waals surface area contributed by atoms with Crippen LogP contribution in [-0.4, -0.2) is 34.5 Å². The van der Waals surface area contributed by atoms with Crippen LogP contribution in [0.4, 0.5) is 11.4 Å². The number of amides is 3. The van der Waals surface area contributed by atoms with E-state index in [1.54, 1.807) is 42.5 Å². The van der Waals surface area contributed by atoms with Gasteiger partial charge in [0.15, 0.2) is 0 Å². The molecule has 9 heteroatoms. The Morgan fingerprint density at radius 2 is 1.62 bits per heavy atom. The molecule has 32 heavy (non-hydrogen) atoms. The van der Waals surface area contributed by atoms with Crippen molar-refractivity contribution < 1.29 is 19.1 Å². The van der Waals surface area contributed by atoms with Crippen molar-refractivity contribution in [3.8, 4) is 5.75 Å². The molecule has 0 unspecified atom stereocenters. The van der Waals surface area contributed by atoms with Gasteiger partial charge in [0.25, 0.3) is 5.91 Å². The normalized spacial score (nSPS) is 30.6. The number of halogens is 3. The van der Waals surface area contributed by atoms with Gasteiger partial charge in [-0.1, -0.05) is 43.5 Å². The lowest BCUT2D eigenvalue weighted by atomic mass is 9.81. The number of alkyl halides is 2. The average molecular weight is 583 g/mol. The summed E-state index contributed by atoms with van der Waals surface area (Å²) in [5.41, 5.74) is 1.33. The SMILES string of the molecule is COc1ccc(Cl)cc1NC(=O)c1ccc(N2C(=O)[C@@H]3[C@H]4C[C@@H]([C@@H](Br)[C@H]4Br)[C@H]3C2=O)cc1. The second kappa shape index (κ2) is 8.15. The highest BCUT2D eigenvalue weighted by Crippen LogP contribution is 2.60. The second-order valence-electron chi connectivity index (χ2n) is 8.36. The summed E-state index contributed by atoms with van der Waals surface area (Å²) in [5, 5.41) is 3.25. The van der Waals surface area contributed by atoms with Crippen LogP contribution in [0.5, 0.6) is 5.75 Å². The van der Waals surface area contributed by atoms with Crippen LogP contribution in [0.3, 0.4) is 0 Å². The third-order valence-electron chi connectivity index (χ3n) is 6.78. The number of nitrogens with one attached hydrogen (secondary N) is 1. The molecule has 3 fully saturated rings. The van der Waals surface area contributed by atoms with E-state index in [0.717, 1.165) is 6.42 Å². The number of imide groups is 1. The molecular formula is C23H19Br2ClN2O4. The molecule has 0 radical (unpaired) electrons. The van der Waals surface area contributed by atoms with Gasteiger partial charge >= 0.3 is 0 Å². The quantitative estimate of drug-likeness (QED) is 0.412. The van der Waals surface area contributed by atoms with E-state index in [9.17, 15) is 14.4 Å². The number of hydrogen-bond donors (Lipinski definition) is 1. The summed E-state index contributed by atoms with van der Waals surface area (Å²) >= 11 is 13.4. The molecule has 6 atom stereocenters. The molecule has 2 aliphatic carbocycles. The Kier molecular flexibility index (Phi) is 5.58. The fourth-order valence-electron chi connectivity index (χ4n) is 5.34. The lowest BCUT2D eigenvalue weighted by Crippen LogP contribution is -2.37. The molecule has 0 spiro atoms. The van der Waals surface area contributed by atoms with E-state index in [0.29, 0.717) is 27.7 Å². The van der Waals surface area contributed by atoms with Gasteiger partial charge in [-0.25, -0.2) is 0 Å².